The van der Waals surface area contributed by atoms with E-state index in [1.165, 1.54) is 0 Å². The zero-order chi connectivity index (χ0) is 15.5. The van der Waals surface area contributed by atoms with Gasteiger partial charge in [-0.1, -0.05) is 41.7 Å². The van der Waals surface area contributed by atoms with Crippen molar-refractivity contribution in [2.45, 2.75) is 12.2 Å². The molecule has 0 amide bonds. The first kappa shape index (κ1) is 15.8. The van der Waals surface area contributed by atoms with Gasteiger partial charge in [-0.3, -0.25) is 0 Å². The molecule has 7 heteroatoms. The molecule has 0 aliphatic heterocycles. The number of likely N-dealkylation sites (N-methyl/N-ethyl adjacent to an activating group) is 1. The van der Waals surface area contributed by atoms with Gasteiger partial charge in [0.05, 0.1) is 12.2 Å². The van der Waals surface area contributed by atoms with Crippen molar-refractivity contribution in [2.75, 3.05) is 26.0 Å². The first-order chi connectivity index (χ1) is 9.88. The number of hydrogen-bond donors (Lipinski definition) is 1. The largest absolute Gasteiger partial charge is 0.427 e. The van der Waals surface area contributed by atoms with Crippen LogP contribution in [0, 0.1) is 0 Å². The minimum Gasteiger partial charge on any atom is -0.360 e. The zero-order valence-electron chi connectivity index (χ0n) is 11.7. The summed E-state index contributed by atoms with van der Waals surface area (Å²) in [5, 5.41) is 3.27. The van der Waals surface area contributed by atoms with E-state index in [1.54, 1.807) is 0 Å². The molecule has 2 aromatic rings. The average molecular weight is 315 g/mol. The Balaban J connectivity index is 2.04. The molecule has 0 aliphatic rings. The fraction of sp³-hybridized carbons (Fsp3) is 0.357. The predicted octanol–water partition coefficient (Wildman–Crippen LogP) is 3.88. The van der Waals surface area contributed by atoms with E-state index >= 15 is 0 Å². The number of nitrogens with zero attached hydrogens (tertiary/aromatic N) is 2. The molecule has 0 saturated heterocycles. The topological polar surface area (TPSA) is 28.2 Å². The molecule has 0 saturated carbocycles. The fourth-order valence-corrected chi connectivity index (χ4v) is 2.63. The molecule has 0 spiro atoms. The smallest absolute Gasteiger partial charge is 0.360 e. The number of alkyl halides is 3. The number of halogens is 3. The Kier molecular flexibility index (Phi) is 4.84. The van der Waals surface area contributed by atoms with Crippen molar-refractivity contribution in [1.29, 1.82) is 0 Å². The van der Waals surface area contributed by atoms with Crippen molar-refractivity contribution in [3.63, 3.8) is 0 Å². The lowest BCUT2D eigenvalue weighted by Crippen LogP contribution is -2.26. The Labute approximate surface area is 125 Å². The van der Waals surface area contributed by atoms with Crippen LogP contribution in [0.2, 0.25) is 0 Å². The predicted molar refractivity (Wildman–Crippen MR) is 78.5 cm³/mol. The highest BCUT2D eigenvalue weighted by Crippen LogP contribution is 2.35. The van der Waals surface area contributed by atoms with Crippen molar-refractivity contribution in [3.8, 4) is 0 Å². The molecule has 114 valence electrons. The summed E-state index contributed by atoms with van der Waals surface area (Å²) in [7, 11) is 3.87. The van der Waals surface area contributed by atoms with E-state index in [0.717, 1.165) is 11.8 Å². The van der Waals surface area contributed by atoms with Crippen molar-refractivity contribution in [2.24, 2.45) is 0 Å². The van der Waals surface area contributed by atoms with E-state index < -0.39 is 11.1 Å². The summed E-state index contributed by atoms with van der Waals surface area (Å²) in [6.07, 6.45) is -3.47. The molecular formula is C14H16F3N3S. The van der Waals surface area contributed by atoms with Gasteiger partial charge in [-0.25, -0.2) is 4.98 Å². The number of hydrogen-bond acceptors (Lipinski definition) is 4. The third kappa shape index (κ3) is 4.18. The maximum atomic E-state index is 12.5. The molecule has 1 aromatic heterocycles. The third-order valence-corrected chi connectivity index (χ3v) is 4.04. The SMILES string of the molecule is CN(C)C(CNc1ncc(C(F)(F)F)s1)c1ccccc1. The van der Waals surface area contributed by atoms with Crippen LogP contribution in [0.1, 0.15) is 16.5 Å². The summed E-state index contributed by atoms with van der Waals surface area (Å²) < 4.78 is 37.6. The molecule has 0 bridgehead atoms. The molecule has 1 aromatic carbocycles. The molecule has 0 radical (unpaired) electrons. The van der Waals surface area contributed by atoms with Crippen molar-refractivity contribution < 1.29 is 13.2 Å². The number of nitrogens with one attached hydrogen (secondary N) is 1. The van der Waals surface area contributed by atoms with E-state index in [2.05, 4.69) is 10.3 Å². The monoisotopic (exact) mass is 315 g/mol. The van der Waals surface area contributed by atoms with Gasteiger partial charge in [0.1, 0.15) is 4.88 Å². The second-order valence-electron chi connectivity index (χ2n) is 4.80. The minimum absolute atomic E-state index is 0.0597. The van der Waals surface area contributed by atoms with Crippen LogP contribution in [-0.4, -0.2) is 30.5 Å². The van der Waals surface area contributed by atoms with Gasteiger partial charge in [0.25, 0.3) is 0 Å². The summed E-state index contributed by atoms with van der Waals surface area (Å²) in [5.74, 6) is 0. The number of benzene rings is 1. The molecular weight excluding hydrogens is 299 g/mol. The maximum absolute atomic E-state index is 12.5. The average Bonchev–Trinajstić information content (AvgIpc) is 2.88. The summed E-state index contributed by atoms with van der Waals surface area (Å²) in [6.45, 7) is 0.488. The first-order valence-corrected chi connectivity index (χ1v) is 7.18. The summed E-state index contributed by atoms with van der Waals surface area (Å²) in [6, 6.07) is 9.86. The summed E-state index contributed by atoms with van der Waals surface area (Å²) in [4.78, 5) is 5.10. The Morgan fingerprint density at radius 3 is 2.43 bits per heavy atom. The maximum Gasteiger partial charge on any atom is 0.427 e. The number of anilines is 1. The Hall–Kier alpha value is -1.60. The number of aromatic nitrogens is 1. The molecule has 1 unspecified atom stereocenters. The number of rotatable bonds is 5. The molecule has 1 atom stereocenters. The van der Waals surface area contributed by atoms with Gasteiger partial charge in [-0.05, 0) is 19.7 Å². The molecule has 2 rings (SSSR count). The minimum atomic E-state index is -4.34. The molecule has 0 fully saturated rings. The van der Waals surface area contributed by atoms with Crippen LogP contribution in [0.15, 0.2) is 36.5 Å². The standard InChI is InChI=1S/C14H16F3N3S/c1-20(2)11(10-6-4-3-5-7-10)8-18-13-19-9-12(21-13)14(15,16)17/h3-7,9,11H,8H2,1-2H3,(H,18,19). The molecule has 1 heterocycles. The van der Waals surface area contributed by atoms with Gasteiger partial charge >= 0.3 is 6.18 Å². The van der Waals surface area contributed by atoms with Gasteiger partial charge < -0.3 is 10.2 Å². The molecule has 21 heavy (non-hydrogen) atoms. The van der Waals surface area contributed by atoms with Gasteiger partial charge in [0.2, 0.25) is 0 Å². The lowest BCUT2D eigenvalue weighted by atomic mass is 10.1. The summed E-state index contributed by atoms with van der Waals surface area (Å²) >= 11 is 0.623. The third-order valence-electron chi connectivity index (χ3n) is 3.04. The highest BCUT2D eigenvalue weighted by atomic mass is 32.1. The van der Waals surface area contributed by atoms with E-state index in [0.29, 0.717) is 17.9 Å². The van der Waals surface area contributed by atoms with Crippen LogP contribution < -0.4 is 5.32 Å². The van der Waals surface area contributed by atoms with Crippen LogP contribution in [-0.2, 0) is 6.18 Å². The fourth-order valence-electron chi connectivity index (χ4n) is 1.94. The highest BCUT2D eigenvalue weighted by molar-refractivity contribution is 7.15. The lowest BCUT2D eigenvalue weighted by Gasteiger charge is -2.24. The summed E-state index contributed by atoms with van der Waals surface area (Å²) in [5.41, 5.74) is 1.10. The van der Waals surface area contributed by atoms with Gasteiger partial charge in [-0.15, -0.1) is 0 Å². The lowest BCUT2D eigenvalue weighted by molar-refractivity contribution is -0.134. The van der Waals surface area contributed by atoms with Crippen molar-refractivity contribution in [3.05, 3.63) is 47.0 Å². The van der Waals surface area contributed by atoms with E-state index in [9.17, 15) is 13.2 Å². The molecule has 1 N–H and O–H groups in total. The van der Waals surface area contributed by atoms with E-state index in [1.807, 2.05) is 49.3 Å². The second-order valence-corrected chi connectivity index (χ2v) is 5.83. The second kappa shape index (κ2) is 6.44. The quantitative estimate of drug-likeness (QED) is 0.907. The van der Waals surface area contributed by atoms with E-state index in [-0.39, 0.29) is 11.2 Å². The van der Waals surface area contributed by atoms with E-state index in [4.69, 9.17) is 0 Å². The highest BCUT2D eigenvalue weighted by Gasteiger charge is 2.33. The Morgan fingerprint density at radius 2 is 1.90 bits per heavy atom. The first-order valence-electron chi connectivity index (χ1n) is 6.36. The molecule has 3 nitrogen and oxygen atoms in total. The number of thiazole rings is 1. The normalized spacial score (nSPS) is 13.4. The van der Waals surface area contributed by atoms with Crippen molar-refractivity contribution in [1.82, 2.24) is 9.88 Å². The molecule has 0 aliphatic carbocycles. The van der Waals surface area contributed by atoms with Gasteiger partial charge in [0, 0.05) is 6.54 Å². The Morgan fingerprint density at radius 1 is 1.24 bits per heavy atom. The van der Waals surface area contributed by atoms with Crippen LogP contribution in [0.25, 0.3) is 0 Å². The van der Waals surface area contributed by atoms with Crippen LogP contribution in [0.3, 0.4) is 0 Å². The van der Waals surface area contributed by atoms with Crippen LogP contribution in [0.5, 0.6) is 0 Å². The van der Waals surface area contributed by atoms with Crippen LogP contribution in [0.4, 0.5) is 18.3 Å². The zero-order valence-corrected chi connectivity index (χ0v) is 12.5. The van der Waals surface area contributed by atoms with Gasteiger partial charge in [-0.2, -0.15) is 13.2 Å². The van der Waals surface area contributed by atoms with Crippen LogP contribution >= 0.6 is 11.3 Å². The van der Waals surface area contributed by atoms with Crippen molar-refractivity contribution >= 4 is 16.5 Å². The Bertz CT molecular complexity index is 566. The van der Waals surface area contributed by atoms with Gasteiger partial charge in [0.15, 0.2) is 5.13 Å².